The fourth-order valence-corrected chi connectivity index (χ4v) is 2.88. The van der Waals surface area contributed by atoms with Crippen LogP contribution in [-0.2, 0) is 16.2 Å². The Morgan fingerprint density at radius 2 is 1.67 bits per heavy atom. The predicted molar refractivity (Wildman–Crippen MR) is 73.1 cm³/mol. The standard InChI is InChI=1S/C13H11F3N2O2S/c14-13(15,16)9-4-3-5-10(8-9)18-21(19,20)12-7-2-1-6-11(12)17/h1-8,18H,17H2. The molecule has 0 atom stereocenters. The van der Waals surface area contributed by atoms with Gasteiger partial charge in [-0.1, -0.05) is 18.2 Å². The predicted octanol–water partition coefficient (Wildman–Crippen LogP) is 3.09. The lowest BCUT2D eigenvalue weighted by Crippen LogP contribution is -2.15. The highest BCUT2D eigenvalue weighted by Gasteiger charge is 2.30. The van der Waals surface area contributed by atoms with E-state index >= 15 is 0 Å². The number of alkyl halides is 3. The van der Waals surface area contributed by atoms with E-state index in [4.69, 9.17) is 5.73 Å². The first-order valence-electron chi connectivity index (χ1n) is 5.75. The Balaban J connectivity index is 2.36. The fourth-order valence-electron chi connectivity index (χ4n) is 1.69. The van der Waals surface area contributed by atoms with Gasteiger partial charge in [0, 0.05) is 5.69 Å². The summed E-state index contributed by atoms with van der Waals surface area (Å²) in [7, 11) is -4.05. The van der Waals surface area contributed by atoms with Crippen LogP contribution in [0.15, 0.2) is 53.4 Å². The molecule has 0 heterocycles. The Morgan fingerprint density at radius 3 is 2.29 bits per heavy atom. The normalized spacial score (nSPS) is 12.1. The number of sulfonamides is 1. The SMILES string of the molecule is Nc1ccccc1S(=O)(=O)Nc1cccc(C(F)(F)F)c1. The lowest BCUT2D eigenvalue weighted by Gasteiger charge is -2.12. The van der Waals surface area contributed by atoms with Crippen molar-refractivity contribution in [3.8, 4) is 0 Å². The topological polar surface area (TPSA) is 72.2 Å². The maximum absolute atomic E-state index is 12.6. The van der Waals surface area contributed by atoms with E-state index < -0.39 is 21.8 Å². The molecule has 0 aliphatic heterocycles. The van der Waals surface area contributed by atoms with Gasteiger partial charge >= 0.3 is 6.18 Å². The van der Waals surface area contributed by atoms with Gasteiger partial charge in [0.25, 0.3) is 10.0 Å². The van der Waals surface area contributed by atoms with E-state index in [0.717, 1.165) is 18.2 Å². The molecule has 0 aromatic heterocycles. The van der Waals surface area contributed by atoms with Gasteiger partial charge in [-0.25, -0.2) is 8.42 Å². The van der Waals surface area contributed by atoms with Gasteiger partial charge in [0.1, 0.15) is 4.90 Å². The summed E-state index contributed by atoms with van der Waals surface area (Å²) < 4.78 is 64.1. The molecule has 0 radical (unpaired) electrons. The van der Waals surface area contributed by atoms with Crippen LogP contribution in [0.1, 0.15) is 5.56 Å². The maximum atomic E-state index is 12.6. The number of halogens is 3. The molecule has 112 valence electrons. The minimum absolute atomic E-state index is 0.0111. The Bertz CT molecular complexity index is 758. The molecule has 4 nitrogen and oxygen atoms in total. The molecule has 2 rings (SSSR count). The first-order chi connectivity index (χ1) is 9.70. The van der Waals surface area contributed by atoms with Crippen LogP contribution in [0.5, 0.6) is 0 Å². The molecule has 0 saturated carbocycles. The van der Waals surface area contributed by atoms with Gasteiger partial charge in [-0.15, -0.1) is 0 Å². The Labute approximate surface area is 119 Å². The number of anilines is 2. The Hall–Kier alpha value is -2.22. The molecule has 2 aromatic carbocycles. The van der Waals surface area contributed by atoms with E-state index in [9.17, 15) is 21.6 Å². The molecule has 21 heavy (non-hydrogen) atoms. The zero-order valence-corrected chi connectivity index (χ0v) is 11.4. The van der Waals surface area contributed by atoms with Gasteiger partial charge in [0.2, 0.25) is 0 Å². The van der Waals surface area contributed by atoms with Crippen LogP contribution in [0.3, 0.4) is 0 Å². The third kappa shape index (κ3) is 3.46. The first-order valence-corrected chi connectivity index (χ1v) is 7.23. The van der Waals surface area contributed by atoms with Crippen molar-refractivity contribution in [2.45, 2.75) is 11.1 Å². The summed E-state index contributed by atoms with van der Waals surface area (Å²) in [6.45, 7) is 0. The van der Waals surface area contributed by atoms with E-state index in [1.807, 2.05) is 0 Å². The van der Waals surface area contributed by atoms with E-state index in [2.05, 4.69) is 4.72 Å². The zero-order chi connectivity index (χ0) is 15.7. The number of nitrogen functional groups attached to an aromatic ring is 1. The molecule has 8 heteroatoms. The van der Waals surface area contributed by atoms with Crippen LogP contribution in [0, 0.1) is 0 Å². The van der Waals surface area contributed by atoms with Gasteiger partial charge in [-0.05, 0) is 30.3 Å². The van der Waals surface area contributed by atoms with Crippen LogP contribution >= 0.6 is 0 Å². The largest absolute Gasteiger partial charge is 0.416 e. The summed E-state index contributed by atoms with van der Waals surface area (Å²) in [6.07, 6.45) is -4.55. The van der Waals surface area contributed by atoms with Gasteiger partial charge in [-0.3, -0.25) is 4.72 Å². The minimum Gasteiger partial charge on any atom is -0.398 e. The van der Waals surface area contributed by atoms with Crippen molar-refractivity contribution in [1.29, 1.82) is 0 Å². The summed E-state index contributed by atoms with van der Waals surface area (Å²) >= 11 is 0. The second kappa shape index (κ2) is 5.28. The molecule has 0 saturated heterocycles. The smallest absolute Gasteiger partial charge is 0.398 e. The third-order valence-corrected chi connectivity index (χ3v) is 4.11. The van der Waals surface area contributed by atoms with Crippen molar-refractivity contribution >= 4 is 21.4 Å². The van der Waals surface area contributed by atoms with Gasteiger partial charge in [0.15, 0.2) is 0 Å². The third-order valence-electron chi connectivity index (χ3n) is 2.65. The van der Waals surface area contributed by atoms with Crippen molar-refractivity contribution in [3.63, 3.8) is 0 Å². The van der Waals surface area contributed by atoms with E-state index in [0.29, 0.717) is 0 Å². The molecule has 0 aliphatic carbocycles. The molecule has 0 spiro atoms. The van der Waals surface area contributed by atoms with Crippen molar-refractivity contribution in [1.82, 2.24) is 0 Å². The number of para-hydroxylation sites is 1. The summed E-state index contributed by atoms with van der Waals surface area (Å²) in [5, 5.41) is 0. The van der Waals surface area contributed by atoms with Crippen molar-refractivity contribution < 1.29 is 21.6 Å². The number of hydrogen-bond donors (Lipinski definition) is 2. The van der Waals surface area contributed by atoms with Crippen LogP contribution < -0.4 is 10.5 Å². The lowest BCUT2D eigenvalue weighted by molar-refractivity contribution is -0.137. The number of nitrogens with one attached hydrogen (secondary N) is 1. The first kappa shape index (κ1) is 15.2. The molecule has 0 bridgehead atoms. The quantitative estimate of drug-likeness (QED) is 0.855. The summed E-state index contributed by atoms with van der Waals surface area (Å²) in [5.41, 5.74) is 4.44. The van der Waals surface area contributed by atoms with Crippen LogP contribution in [0.2, 0.25) is 0 Å². The zero-order valence-electron chi connectivity index (χ0n) is 10.6. The average molecular weight is 316 g/mol. The fraction of sp³-hybridized carbons (Fsp3) is 0.0769. The molecule has 0 aliphatic rings. The molecule has 2 aromatic rings. The maximum Gasteiger partial charge on any atom is 0.416 e. The van der Waals surface area contributed by atoms with Crippen LogP contribution in [-0.4, -0.2) is 8.42 Å². The molecule has 0 fully saturated rings. The van der Waals surface area contributed by atoms with Crippen molar-refractivity contribution in [2.75, 3.05) is 10.5 Å². The van der Waals surface area contributed by atoms with Gasteiger partial charge < -0.3 is 5.73 Å². The van der Waals surface area contributed by atoms with Crippen molar-refractivity contribution in [2.24, 2.45) is 0 Å². The Morgan fingerprint density at radius 1 is 1.00 bits per heavy atom. The second-order valence-corrected chi connectivity index (χ2v) is 5.87. The second-order valence-electron chi connectivity index (χ2n) is 4.22. The number of benzene rings is 2. The number of hydrogen-bond acceptors (Lipinski definition) is 3. The lowest BCUT2D eigenvalue weighted by atomic mass is 10.2. The molecule has 3 N–H and O–H groups in total. The average Bonchev–Trinajstić information content (AvgIpc) is 2.37. The summed E-state index contributed by atoms with van der Waals surface area (Å²) in [5.74, 6) is 0. The van der Waals surface area contributed by atoms with Gasteiger partial charge in [-0.2, -0.15) is 13.2 Å². The highest BCUT2D eigenvalue weighted by Crippen LogP contribution is 2.31. The summed E-state index contributed by atoms with van der Waals surface area (Å²) in [4.78, 5) is -0.192. The molecule has 0 amide bonds. The summed E-state index contributed by atoms with van der Waals surface area (Å²) in [6, 6.07) is 9.61. The van der Waals surface area contributed by atoms with Crippen LogP contribution in [0.25, 0.3) is 0 Å². The molecular formula is C13H11F3N2O2S. The highest BCUT2D eigenvalue weighted by molar-refractivity contribution is 7.92. The molecule has 0 unspecified atom stereocenters. The number of rotatable bonds is 3. The van der Waals surface area contributed by atoms with E-state index in [1.54, 1.807) is 6.07 Å². The van der Waals surface area contributed by atoms with Crippen LogP contribution in [0.4, 0.5) is 24.5 Å². The molecular weight excluding hydrogens is 305 g/mol. The van der Waals surface area contributed by atoms with E-state index in [-0.39, 0.29) is 16.3 Å². The van der Waals surface area contributed by atoms with Gasteiger partial charge in [0.05, 0.1) is 11.3 Å². The minimum atomic E-state index is -4.55. The monoisotopic (exact) mass is 316 g/mol. The van der Waals surface area contributed by atoms with E-state index in [1.165, 1.54) is 24.3 Å². The highest BCUT2D eigenvalue weighted by atomic mass is 32.2. The number of nitrogens with two attached hydrogens (primary N) is 1. The van der Waals surface area contributed by atoms with Crippen molar-refractivity contribution in [3.05, 3.63) is 54.1 Å². The Kier molecular flexibility index (Phi) is 3.82.